The molecule has 24 heavy (non-hydrogen) atoms. The van der Waals surface area contributed by atoms with Gasteiger partial charge in [-0.2, -0.15) is 0 Å². The van der Waals surface area contributed by atoms with Gasteiger partial charge in [-0.3, -0.25) is 4.79 Å². The van der Waals surface area contributed by atoms with Gasteiger partial charge in [-0.1, -0.05) is 60.6 Å². The van der Waals surface area contributed by atoms with Gasteiger partial charge in [0.05, 0.1) is 13.0 Å². The summed E-state index contributed by atoms with van der Waals surface area (Å²) in [6.07, 6.45) is 0.938. The Bertz CT molecular complexity index is 532. The molecule has 1 rings (SSSR count). The van der Waals surface area contributed by atoms with Gasteiger partial charge in [0.2, 0.25) is 0 Å². The topological polar surface area (TPSA) is 46.5 Å². The number of methoxy groups -OCH3 is 1. The largest absolute Gasteiger partial charge is 0.508 e. The second-order valence-corrected chi connectivity index (χ2v) is 9.07. The third-order valence-corrected chi connectivity index (χ3v) is 5.31. The van der Waals surface area contributed by atoms with Gasteiger partial charge in [0.25, 0.3) is 0 Å². The van der Waals surface area contributed by atoms with Crippen LogP contribution in [0.3, 0.4) is 0 Å². The summed E-state index contributed by atoms with van der Waals surface area (Å²) in [5, 5.41) is 9.57. The summed E-state index contributed by atoms with van der Waals surface area (Å²) in [4.78, 5) is 12.6. The number of phenols is 1. The van der Waals surface area contributed by atoms with E-state index in [2.05, 4.69) is 48.5 Å². The Morgan fingerprint density at radius 2 is 1.54 bits per heavy atom. The number of phenolic OH excluding ortho intramolecular Hbond substituents is 1. The van der Waals surface area contributed by atoms with Gasteiger partial charge in [-0.05, 0) is 46.8 Å². The van der Waals surface area contributed by atoms with E-state index in [1.54, 1.807) is 12.1 Å². The molecule has 0 aliphatic heterocycles. The molecule has 1 aromatic rings. The minimum absolute atomic E-state index is 0.0454. The van der Waals surface area contributed by atoms with Crippen LogP contribution in [0.15, 0.2) is 24.3 Å². The van der Waals surface area contributed by atoms with Crippen molar-refractivity contribution in [3.8, 4) is 5.75 Å². The van der Waals surface area contributed by atoms with E-state index in [0.717, 1.165) is 12.0 Å². The normalized spacial score (nSPS) is 16.3. The molecule has 0 aliphatic carbocycles. The lowest BCUT2D eigenvalue weighted by Gasteiger charge is -2.40. The first-order valence-corrected chi connectivity index (χ1v) is 8.74. The Balaban J connectivity index is 3.31. The third kappa shape index (κ3) is 5.25. The molecule has 1 N–H and O–H groups in total. The Labute approximate surface area is 147 Å². The van der Waals surface area contributed by atoms with Gasteiger partial charge < -0.3 is 9.84 Å². The van der Waals surface area contributed by atoms with E-state index in [9.17, 15) is 9.90 Å². The Kier molecular flexibility index (Phi) is 6.49. The van der Waals surface area contributed by atoms with E-state index in [1.165, 1.54) is 7.11 Å². The molecule has 0 heterocycles. The minimum atomic E-state index is -0.333. The van der Waals surface area contributed by atoms with Crippen LogP contribution in [-0.2, 0) is 9.53 Å². The van der Waals surface area contributed by atoms with Crippen LogP contribution >= 0.6 is 0 Å². The van der Waals surface area contributed by atoms with Crippen molar-refractivity contribution in [1.29, 1.82) is 0 Å². The van der Waals surface area contributed by atoms with Gasteiger partial charge in [-0.15, -0.1) is 0 Å². The van der Waals surface area contributed by atoms with E-state index in [0.29, 0.717) is 5.92 Å². The summed E-state index contributed by atoms with van der Waals surface area (Å²) in [7, 11) is 1.45. The molecular weight excluding hydrogens is 300 g/mol. The summed E-state index contributed by atoms with van der Waals surface area (Å²) in [5.41, 5.74) is 1.04. The molecule has 3 heteroatoms. The monoisotopic (exact) mass is 334 g/mol. The Morgan fingerprint density at radius 3 is 1.92 bits per heavy atom. The summed E-state index contributed by atoms with van der Waals surface area (Å²) in [6.45, 7) is 15.5. The second-order valence-electron chi connectivity index (χ2n) is 9.07. The van der Waals surface area contributed by atoms with Crippen LogP contribution in [0.1, 0.15) is 66.4 Å². The van der Waals surface area contributed by atoms with Crippen LogP contribution in [0.25, 0.3) is 0 Å². The molecule has 3 nitrogen and oxygen atoms in total. The Morgan fingerprint density at radius 1 is 1.04 bits per heavy atom. The highest BCUT2D eigenvalue weighted by Crippen LogP contribution is 2.45. The molecule has 3 unspecified atom stereocenters. The predicted octanol–water partition coefficient (Wildman–Crippen LogP) is 5.38. The van der Waals surface area contributed by atoms with Crippen molar-refractivity contribution in [3.63, 3.8) is 0 Å². The average molecular weight is 335 g/mol. The lowest BCUT2D eigenvalue weighted by atomic mass is 9.64. The smallest absolute Gasteiger partial charge is 0.313 e. The molecule has 0 radical (unpaired) electrons. The van der Waals surface area contributed by atoms with Crippen LogP contribution < -0.4 is 0 Å². The van der Waals surface area contributed by atoms with Crippen LogP contribution in [0.2, 0.25) is 0 Å². The lowest BCUT2D eigenvalue weighted by molar-refractivity contribution is -0.145. The molecule has 0 fully saturated rings. The molecular formula is C21H34O3. The zero-order valence-corrected chi connectivity index (χ0v) is 16.5. The van der Waals surface area contributed by atoms with Crippen LogP contribution in [0.5, 0.6) is 5.75 Å². The third-order valence-electron chi connectivity index (χ3n) is 5.31. The van der Waals surface area contributed by atoms with Crippen molar-refractivity contribution in [2.75, 3.05) is 7.11 Å². The first-order valence-electron chi connectivity index (χ1n) is 8.74. The molecule has 3 atom stereocenters. The van der Waals surface area contributed by atoms with E-state index >= 15 is 0 Å². The van der Waals surface area contributed by atoms with Crippen molar-refractivity contribution in [2.45, 2.75) is 60.8 Å². The zero-order valence-electron chi connectivity index (χ0n) is 16.5. The highest BCUT2D eigenvalue weighted by atomic mass is 16.5. The molecule has 0 aromatic heterocycles. The highest BCUT2D eigenvalue weighted by Gasteiger charge is 2.40. The Hall–Kier alpha value is -1.51. The number of hydrogen-bond donors (Lipinski definition) is 1. The van der Waals surface area contributed by atoms with Gasteiger partial charge >= 0.3 is 5.97 Å². The van der Waals surface area contributed by atoms with Crippen molar-refractivity contribution in [1.82, 2.24) is 0 Å². The number of carbonyl (C=O) groups excluding carboxylic acids is 1. The van der Waals surface area contributed by atoms with Crippen LogP contribution in [0.4, 0.5) is 0 Å². The molecule has 1 aromatic carbocycles. The summed E-state index contributed by atoms with van der Waals surface area (Å²) >= 11 is 0. The van der Waals surface area contributed by atoms with E-state index < -0.39 is 0 Å². The molecule has 0 spiro atoms. The highest BCUT2D eigenvalue weighted by molar-refractivity contribution is 5.78. The molecule has 0 aliphatic rings. The van der Waals surface area contributed by atoms with E-state index in [4.69, 9.17) is 4.74 Å². The fraction of sp³-hybridized carbons (Fsp3) is 0.667. The fourth-order valence-corrected chi connectivity index (χ4v) is 3.07. The standard InChI is InChI=1S/C21H34O3/c1-14(20(2,3)4)13-17(21(5,6)7)18(19(23)24-8)15-9-11-16(22)12-10-15/h9-12,14,17-18,22H,13H2,1-8H3. The average Bonchev–Trinajstić information content (AvgIpc) is 2.45. The predicted molar refractivity (Wildman–Crippen MR) is 99.0 cm³/mol. The first-order chi connectivity index (χ1) is 10.9. The lowest BCUT2D eigenvalue weighted by Crippen LogP contribution is -2.35. The van der Waals surface area contributed by atoms with Crippen molar-refractivity contribution >= 4 is 5.97 Å². The zero-order chi connectivity index (χ0) is 18.7. The number of esters is 1. The number of aromatic hydroxyl groups is 1. The number of benzene rings is 1. The van der Waals surface area contributed by atoms with Crippen LogP contribution in [0, 0.1) is 22.7 Å². The number of hydrogen-bond acceptors (Lipinski definition) is 3. The summed E-state index contributed by atoms with van der Waals surface area (Å²) in [6, 6.07) is 6.94. The number of carbonyl (C=O) groups is 1. The molecule has 136 valence electrons. The fourth-order valence-electron chi connectivity index (χ4n) is 3.07. The molecule has 0 amide bonds. The maximum absolute atomic E-state index is 12.6. The number of ether oxygens (including phenoxy) is 1. The number of rotatable bonds is 5. The van der Waals surface area contributed by atoms with Crippen LogP contribution in [-0.4, -0.2) is 18.2 Å². The van der Waals surface area contributed by atoms with Crippen molar-refractivity contribution < 1.29 is 14.6 Å². The maximum Gasteiger partial charge on any atom is 0.313 e. The second kappa shape index (κ2) is 7.58. The maximum atomic E-state index is 12.6. The van der Waals surface area contributed by atoms with Crippen molar-refractivity contribution in [2.24, 2.45) is 22.7 Å². The summed E-state index contributed by atoms with van der Waals surface area (Å²) in [5.74, 6) is 0.273. The SMILES string of the molecule is COC(=O)C(c1ccc(O)cc1)C(CC(C)C(C)(C)C)C(C)(C)C. The summed E-state index contributed by atoms with van der Waals surface area (Å²) < 4.78 is 5.14. The first kappa shape index (κ1) is 20.5. The van der Waals surface area contributed by atoms with Gasteiger partial charge in [0, 0.05) is 0 Å². The molecule has 0 bridgehead atoms. The van der Waals surface area contributed by atoms with Gasteiger partial charge in [0.15, 0.2) is 0 Å². The van der Waals surface area contributed by atoms with Gasteiger partial charge in [-0.25, -0.2) is 0 Å². The quantitative estimate of drug-likeness (QED) is 0.735. The minimum Gasteiger partial charge on any atom is -0.508 e. The van der Waals surface area contributed by atoms with Crippen molar-refractivity contribution in [3.05, 3.63) is 29.8 Å². The molecule has 0 saturated carbocycles. The molecule has 0 saturated heterocycles. The van der Waals surface area contributed by atoms with E-state index in [-0.39, 0.29) is 34.4 Å². The van der Waals surface area contributed by atoms with E-state index in [1.807, 2.05) is 12.1 Å². The van der Waals surface area contributed by atoms with Gasteiger partial charge in [0.1, 0.15) is 5.75 Å².